The molecule has 0 bridgehead atoms. The van der Waals surface area contributed by atoms with Gasteiger partial charge in [0, 0.05) is 23.0 Å². The van der Waals surface area contributed by atoms with E-state index in [0.29, 0.717) is 29.0 Å². The standard InChI is InChI=1S/C22H27N3O3S2/c1-4-28-20(26)12-17-14-30-22(23-17)24-21(27)19-11-16(10-15(2)3)13-25(19)8-7-18-6-5-9-29-18/h5-6,9,11,13-15H,4,7-8,10,12H2,1-3H3,(H,23,24,27). The quantitative estimate of drug-likeness (QED) is 0.455. The normalized spacial score (nSPS) is 11.1. The predicted octanol–water partition coefficient (Wildman–Crippen LogP) is 4.81. The van der Waals surface area contributed by atoms with Crippen LogP contribution in [-0.2, 0) is 35.3 Å². The van der Waals surface area contributed by atoms with E-state index in [9.17, 15) is 9.59 Å². The topological polar surface area (TPSA) is 73.2 Å². The van der Waals surface area contributed by atoms with Crippen molar-refractivity contribution in [1.29, 1.82) is 0 Å². The number of amides is 1. The number of aromatic nitrogens is 2. The summed E-state index contributed by atoms with van der Waals surface area (Å²) < 4.78 is 6.98. The zero-order valence-corrected chi connectivity index (χ0v) is 19.1. The highest BCUT2D eigenvalue weighted by molar-refractivity contribution is 7.14. The highest BCUT2D eigenvalue weighted by Crippen LogP contribution is 2.20. The Balaban J connectivity index is 1.71. The maximum atomic E-state index is 13.0. The van der Waals surface area contributed by atoms with Gasteiger partial charge in [0.15, 0.2) is 5.13 Å². The van der Waals surface area contributed by atoms with E-state index in [-0.39, 0.29) is 18.3 Å². The zero-order chi connectivity index (χ0) is 21.5. The molecule has 160 valence electrons. The molecule has 1 N–H and O–H groups in total. The summed E-state index contributed by atoms with van der Waals surface area (Å²) in [4.78, 5) is 30.2. The summed E-state index contributed by atoms with van der Waals surface area (Å²) in [6.45, 7) is 7.19. The van der Waals surface area contributed by atoms with Crippen LogP contribution in [0.1, 0.15) is 47.4 Å². The molecule has 3 aromatic rings. The van der Waals surface area contributed by atoms with Crippen LogP contribution in [0.2, 0.25) is 0 Å². The summed E-state index contributed by atoms with van der Waals surface area (Å²) in [6, 6.07) is 6.13. The first-order valence-corrected chi connectivity index (χ1v) is 11.8. The van der Waals surface area contributed by atoms with E-state index >= 15 is 0 Å². The number of ether oxygens (including phenoxy) is 1. The molecule has 0 unspecified atom stereocenters. The van der Waals surface area contributed by atoms with Crippen molar-refractivity contribution in [3.05, 3.63) is 57.0 Å². The minimum Gasteiger partial charge on any atom is -0.466 e. The van der Waals surface area contributed by atoms with Crippen LogP contribution in [0.5, 0.6) is 0 Å². The molecule has 0 atom stereocenters. The van der Waals surface area contributed by atoms with Crippen LogP contribution in [0.15, 0.2) is 35.2 Å². The van der Waals surface area contributed by atoms with E-state index in [0.717, 1.165) is 24.9 Å². The van der Waals surface area contributed by atoms with Gasteiger partial charge >= 0.3 is 5.97 Å². The van der Waals surface area contributed by atoms with Gasteiger partial charge in [-0.1, -0.05) is 19.9 Å². The van der Waals surface area contributed by atoms with Gasteiger partial charge < -0.3 is 9.30 Å². The lowest BCUT2D eigenvalue weighted by Crippen LogP contribution is -2.17. The third-order valence-corrected chi connectivity index (χ3v) is 6.15. The van der Waals surface area contributed by atoms with Crippen LogP contribution in [0.3, 0.4) is 0 Å². The van der Waals surface area contributed by atoms with Gasteiger partial charge in [-0.3, -0.25) is 14.9 Å². The maximum absolute atomic E-state index is 13.0. The van der Waals surface area contributed by atoms with Crippen molar-refractivity contribution in [3.8, 4) is 0 Å². The Morgan fingerprint density at radius 3 is 2.83 bits per heavy atom. The summed E-state index contributed by atoms with van der Waals surface area (Å²) in [5, 5.41) is 7.20. The summed E-state index contributed by atoms with van der Waals surface area (Å²) in [5.74, 6) is 0.00753. The molecule has 0 aliphatic rings. The van der Waals surface area contributed by atoms with E-state index in [1.54, 1.807) is 23.6 Å². The Labute approximate surface area is 184 Å². The Kier molecular flexibility index (Phi) is 7.81. The molecule has 0 radical (unpaired) electrons. The fraction of sp³-hybridized carbons (Fsp3) is 0.409. The molecule has 3 heterocycles. The smallest absolute Gasteiger partial charge is 0.311 e. The lowest BCUT2D eigenvalue weighted by atomic mass is 10.1. The second-order valence-electron chi connectivity index (χ2n) is 7.43. The number of carbonyl (C=O) groups excluding carboxylic acids is 2. The fourth-order valence-corrected chi connectivity index (χ4v) is 4.59. The molecule has 0 aliphatic heterocycles. The number of nitrogens with one attached hydrogen (secondary N) is 1. The Hall–Kier alpha value is -2.45. The first kappa shape index (κ1) is 22.2. The molecule has 0 saturated heterocycles. The molecular weight excluding hydrogens is 418 g/mol. The van der Waals surface area contributed by atoms with Crippen molar-refractivity contribution in [2.24, 2.45) is 5.92 Å². The van der Waals surface area contributed by atoms with Crippen molar-refractivity contribution >= 4 is 39.7 Å². The molecule has 0 aliphatic carbocycles. The van der Waals surface area contributed by atoms with Crippen LogP contribution in [0.4, 0.5) is 5.13 Å². The van der Waals surface area contributed by atoms with Gasteiger partial charge in [0.25, 0.3) is 5.91 Å². The number of anilines is 1. The van der Waals surface area contributed by atoms with E-state index < -0.39 is 0 Å². The molecule has 1 amide bonds. The van der Waals surface area contributed by atoms with Gasteiger partial charge in [0.05, 0.1) is 18.7 Å². The monoisotopic (exact) mass is 445 g/mol. The van der Waals surface area contributed by atoms with Crippen molar-refractivity contribution in [2.75, 3.05) is 11.9 Å². The van der Waals surface area contributed by atoms with Gasteiger partial charge in [-0.2, -0.15) is 0 Å². The van der Waals surface area contributed by atoms with E-state index in [1.807, 2.05) is 16.7 Å². The van der Waals surface area contributed by atoms with Crippen molar-refractivity contribution in [1.82, 2.24) is 9.55 Å². The number of rotatable bonds is 10. The van der Waals surface area contributed by atoms with Crippen LogP contribution in [0.25, 0.3) is 0 Å². The van der Waals surface area contributed by atoms with Gasteiger partial charge in [0.1, 0.15) is 5.69 Å². The molecule has 0 fully saturated rings. The number of aryl methyl sites for hydroxylation is 2. The average molecular weight is 446 g/mol. The van der Waals surface area contributed by atoms with Crippen LogP contribution >= 0.6 is 22.7 Å². The minimum atomic E-state index is -0.318. The minimum absolute atomic E-state index is 0.107. The van der Waals surface area contributed by atoms with Crippen LogP contribution < -0.4 is 5.32 Å². The second kappa shape index (κ2) is 10.5. The van der Waals surface area contributed by atoms with Crippen LogP contribution in [0, 0.1) is 5.92 Å². The average Bonchev–Trinajstić information content (AvgIpc) is 3.41. The number of hydrogen-bond donors (Lipinski definition) is 1. The third-order valence-electron chi connectivity index (χ3n) is 4.41. The molecule has 0 saturated carbocycles. The molecule has 30 heavy (non-hydrogen) atoms. The third kappa shape index (κ3) is 6.27. The number of thiophene rings is 1. The maximum Gasteiger partial charge on any atom is 0.311 e. The van der Waals surface area contributed by atoms with E-state index in [4.69, 9.17) is 4.74 Å². The van der Waals surface area contributed by atoms with Crippen molar-refractivity contribution in [2.45, 2.75) is 46.6 Å². The van der Waals surface area contributed by atoms with Gasteiger partial charge in [-0.15, -0.1) is 22.7 Å². The molecular formula is C22H27N3O3S2. The highest BCUT2D eigenvalue weighted by Gasteiger charge is 2.17. The molecule has 0 aromatic carbocycles. The molecule has 8 heteroatoms. The Morgan fingerprint density at radius 1 is 1.30 bits per heavy atom. The lowest BCUT2D eigenvalue weighted by Gasteiger charge is -2.08. The SMILES string of the molecule is CCOC(=O)Cc1csc(NC(=O)c2cc(CC(C)C)cn2CCc2cccs2)n1. The Morgan fingerprint density at radius 2 is 2.13 bits per heavy atom. The van der Waals surface area contributed by atoms with Crippen molar-refractivity contribution in [3.63, 3.8) is 0 Å². The highest BCUT2D eigenvalue weighted by atomic mass is 32.1. The number of nitrogens with zero attached hydrogens (tertiary/aromatic N) is 2. The Bertz CT molecular complexity index is 974. The summed E-state index contributed by atoms with van der Waals surface area (Å²) in [5.41, 5.74) is 2.38. The van der Waals surface area contributed by atoms with Gasteiger partial charge in [-0.25, -0.2) is 4.98 Å². The lowest BCUT2D eigenvalue weighted by molar-refractivity contribution is -0.142. The van der Waals surface area contributed by atoms with Gasteiger partial charge in [-0.05, 0) is 48.8 Å². The van der Waals surface area contributed by atoms with Crippen molar-refractivity contribution < 1.29 is 14.3 Å². The van der Waals surface area contributed by atoms with Crippen LogP contribution in [-0.4, -0.2) is 28.0 Å². The molecule has 3 aromatic heterocycles. The largest absolute Gasteiger partial charge is 0.466 e. The number of carbonyl (C=O) groups is 2. The number of esters is 1. The number of thiazole rings is 1. The molecule has 6 nitrogen and oxygen atoms in total. The van der Waals surface area contributed by atoms with E-state index in [2.05, 4.69) is 41.8 Å². The van der Waals surface area contributed by atoms with E-state index in [1.165, 1.54) is 16.2 Å². The summed E-state index contributed by atoms with van der Waals surface area (Å²) >= 11 is 3.04. The molecule has 3 rings (SSSR count). The summed E-state index contributed by atoms with van der Waals surface area (Å²) in [7, 11) is 0. The fourth-order valence-electron chi connectivity index (χ4n) is 3.18. The first-order chi connectivity index (χ1) is 14.4. The second-order valence-corrected chi connectivity index (χ2v) is 9.32. The predicted molar refractivity (Wildman–Crippen MR) is 121 cm³/mol. The molecule has 0 spiro atoms. The number of hydrogen-bond acceptors (Lipinski definition) is 6. The summed E-state index contributed by atoms with van der Waals surface area (Å²) in [6.07, 6.45) is 3.99. The zero-order valence-electron chi connectivity index (χ0n) is 17.5. The first-order valence-electron chi connectivity index (χ1n) is 10.1. The van der Waals surface area contributed by atoms with Gasteiger partial charge in [0.2, 0.25) is 0 Å².